The van der Waals surface area contributed by atoms with E-state index in [0.29, 0.717) is 22.6 Å². The molecule has 1 fully saturated rings. The second-order valence-electron chi connectivity index (χ2n) is 8.15. The quantitative estimate of drug-likeness (QED) is 0.597. The minimum absolute atomic E-state index is 0.0698. The molecule has 2 aliphatic heterocycles. The summed E-state index contributed by atoms with van der Waals surface area (Å²) < 4.78 is 14.0. The van der Waals surface area contributed by atoms with Crippen LogP contribution < -0.4 is 15.1 Å². The first-order valence-corrected chi connectivity index (χ1v) is 12.0. The Balaban J connectivity index is 1.48. The molecular weight excluding hydrogens is 453 g/mol. The summed E-state index contributed by atoms with van der Waals surface area (Å²) in [6.07, 6.45) is 0.896. The number of nitrogens with zero attached hydrogens (tertiary/aromatic N) is 2. The van der Waals surface area contributed by atoms with Gasteiger partial charge in [0.15, 0.2) is 0 Å². The molecule has 3 aromatic carbocycles. The van der Waals surface area contributed by atoms with Gasteiger partial charge in [0, 0.05) is 16.9 Å². The predicted octanol–water partition coefficient (Wildman–Crippen LogP) is 4.31. The number of nitrogens with one attached hydrogen (secondary N) is 1. The molecule has 2 heterocycles. The molecule has 1 unspecified atom stereocenters. The number of hydrogen-bond acceptors (Lipinski definition) is 4. The van der Waals surface area contributed by atoms with Crippen LogP contribution in [0.15, 0.2) is 72.8 Å². The Labute approximate surface area is 200 Å². The molecule has 2 aliphatic rings. The van der Waals surface area contributed by atoms with Gasteiger partial charge < -0.3 is 5.32 Å². The number of aryl methyl sites for hydroxylation is 1. The van der Waals surface area contributed by atoms with E-state index in [0.717, 1.165) is 12.0 Å². The largest absolute Gasteiger partial charge is 0.325 e. The van der Waals surface area contributed by atoms with Crippen LogP contribution in [0.4, 0.5) is 21.5 Å². The molecule has 5 rings (SSSR count). The minimum atomic E-state index is -1.38. The summed E-state index contributed by atoms with van der Waals surface area (Å²) in [7, 11) is 0. The van der Waals surface area contributed by atoms with Gasteiger partial charge in [-0.2, -0.15) is 0 Å². The maximum Gasteiger partial charge on any atom is 0.269 e. The highest BCUT2D eigenvalue weighted by atomic mass is 32.2. The summed E-state index contributed by atoms with van der Waals surface area (Å²) in [5.41, 5.74) is 3.28. The Morgan fingerprint density at radius 2 is 1.82 bits per heavy atom. The molecule has 6 nitrogen and oxygen atoms in total. The first kappa shape index (κ1) is 22.2. The number of hydrogen-bond donors (Lipinski definition) is 1. The van der Waals surface area contributed by atoms with Crippen LogP contribution in [0.2, 0.25) is 0 Å². The Hall–Kier alpha value is -3.65. The molecule has 3 amide bonds. The summed E-state index contributed by atoms with van der Waals surface area (Å²) in [6.45, 7) is 1.84. The van der Waals surface area contributed by atoms with Gasteiger partial charge in [-0.05, 0) is 48.4 Å². The number of halogens is 1. The minimum Gasteiger partial charge on any atom is -0.325 e. The molecule has 172 valence electrons. The monoisotopic (exact) mass is 475 g/mol. The third kappa shape index (κ3) is 3.54. The van der Waals surface area contributed by atoms with Crippen molar-refractivity contribution in [3.63, 3.8) is 0 Å². The zero-order chi connectivity index (χ0) is 23.9. The molecular formula is C26H22FN3O3S. The van der Waals surface area contributed by atoms with E-state index in [1.165, 1.54) is 39.8 Å². The maximum atomic E-state index is 14.0. The van der Waals surface area contributed by atoms with Crippen molar-refractivity contribution in [1.82, 2.24) is 0 Å². The van der Waals surface area contributed by atoms with Crippen molar-refractivity contribution in [3.8, 4) is 0 Å². The molecule has 0 saturated carbocycles. The van der Waals surface area contributed by atoms with Crippen LogP contribution >= 0.6 is 11.8 Å². The zero-order valence-corrected chi connectivity index (χ0v) is 19.3. The van der Waals surface area contributed by atoms with Crippen molar-refractivity contribution >= 4 is 46.5 Å². The second-order valence-corrected chi connectivity index (χ2v) is 9.32. The lowest BCUT2D eigenvalue weighted by Crippen LogP contribution is -2.50. The maximum absolute atomic E-state index is 14.0. The first-order valence-electron chi connectivity index (χ1n) is 11.0. The van der Waals surface area contributed by atoms with E-state index < -0.39 is 16.6 Å². The molecule has 0 bridgehead atoms. The van der Waals surface area contributed by atoms with Gasteiger partial charge in [-0.15, -0.1) is 11.8 Å². The third-order valence-corrected chi connectivity index (χ3v) is 7.46. The van der Waals surface area contributed by atoms with Crippen LogP contribution in [0, 0.1) is 5.82 Å². The van der Waals surface area contributed by atoms with Crippen LogP contribution in [-0.2, 0) is 25.7 Å². The summed E-state index contributed by atoms with van der Waals surface area (Å²) in [4.78, 5) is 41.2. The van der Waals surface area contributed by atoms with Crippen molar-refractivity contribution in [3.05, 3.63) is 89.7 Å². The van der Waals surface area contributed by atoms with E-state index in [1.54, 1.807) is 30.3 Å². The van der Waals surface area contributed by atoms with E-state index in [2.05, 4.69) is 12.2 Å². The lowest BCUT2D eigenvalue weighted by Gasteiger charge is -2.33. The van der Waals surface area contributed by atoms with Gasteiger partial charge in [-0.3, -0.25) is 24.2 Å². The van der Waals surface area contributed by atoms with Crippen LogP contribution in [0.5, 0.6) is 0 Å². The highest BCUT2D eigenvalue weighted by molar-refractivity contribution is 8.02. The number of amides is 3. The molecule has 1 atom stereocenters. The second kappa shape index (κ2) is 8.61. The fourth-order valence-electron chi connectivity index (χ4n) is 4.50. The summed E-state index contributed by atoms with van der Waals surface area (Å²) >= 11 is 1.19. The SMILES string of the molecule is CCc1ccc(NC(=O)CN2C(=O)C3(SCC(=O)N3c3cccc(F)c3)c3ccccc32)cc1. The van der Waals surface area contributed by atoms with Crippen LogP contribution in [0.3, 0.4) is 0 Å². The number of fused-ring (bicyclic) bond motifs is 2. The Kier molecular flexibility index (Phi) is 5.61. The molecule has 1 spiro atoms. The molecule has 1 N–H and O–H groups in total. The number of thioether (sulfide) groups is 1. The average molecular weight is 476 g/mol. The smallest absolute Gasteiger partial charge is 0.269 e. The molecule has 3 aromatic rings. The van der Waals surface area contributed by atoms with E-state index in [9.17, 15) is 18.8 Å². The third-order valence-electron chi connectivity index (χ3n) is 6.08. The van der Waals surface area contributed by atoms with Crippen molar-refractivity contribution in [2.45, 2.75) is 18.2 Å². The number of carbonyl (C=O) groups is 3. The normalized spacial score (nSPS) is 19.1. The molecule has 1 saturated heterocycles. The number of para-hydroxylation sites is 1. The molecule has 8 heteroatoms. The van der Waals surface area contributed by atoms with Crippen molar-refractivity contribution in [1.29, 1.82) is 0 Å². The van der Waals surface area contributed by atoms with E-state index in [4.69, 9.17) is 0 Å². The highest BCUT2D eigenvalue weighted by Crippen LogP contribution is 2.55. The fraction of sp³-hybridized carbons (Fsp3) is 0.192. The average Bonchev–Trinajstić information content (AvgIpc) is 3.30. The predicted molar refractivity (Wildman–Crippen MR) is 131 cm³/mol. The Morgan fingerprint density at radius 3 is 2.56 bits per heavy atom. The summed E-state index contributed by atoms with van der Waals surface area (Å²) in [5, 5.41) is 2.84. The molecule has 34 heavy (non-hydrogen) atoms. The Bertz CT molecular complexity index is 1300. The Morgan fingerprint density at radius 1 is 1.06 bits per heavy atom. The number of anilines is 3. The van der Waals surface area contributed by atoms with E-state index in [-0.39, 0.29) is 24.1 Å². The van der Waals surface area contributed by atoms with Crippen molar-refractivity contribution < 1.29 is 18.8 Å². The molecule has 0 aliphatic carbocycles. The summed E-state index contributed by atoms with van der Waals surface area (Å²) in [5.74, 6) is -1.47. The van der Waals surface area contributed by atoms with Gasteiger partial charge in [0.25, 0.3) is 5.91 Å². The van der Waals surface area contributed by atoms with Crippen LogP contribution in [0.25, 0.3) is 0 Å². The van der Waals surface area contributed by atoms with Crippen molar-refractivity contribution in [2.75, 3.05) is 27.4 Å². The highest BCUT2D eigenvalue weighted by Gasteiger charge is 2.61. The van der Waals surface area contributed by atoms with Gasteiger partial charge in [0.05, 0.1) is 11.4 Å². The summed E-state index contributed by atoms with van der Waals surface area (Å²) in [6, 6.07) is 20.3. The van der Waals surface area contributed by atoms with Crippen LogP contribution in [0.1, 0.15) is 18.1 Å². The lowest BCUT2D eigenvalue weighted by atomic mass is 10.0. The van der Waals surface area contributed by atoms with Gasteiger partial charge >= 0.3 is 0 Å². The lowest BCUT2D eigenvalue weighted by molar-refractivity contribution is -0.124. The number of benzene rings is 3. The zero-order valence-electron chi connectivity index (χ0n) is 18.5. The van der Waals surface area contributed by atoms with Gasteiger partial charge in [0.2, 0.25) is 16.7 Å². The van der Waals surface area contributed by atoms with Gasteiger partial charge in [-0.25, -0.2) is 4.39 Å². The van der Waals surface area contributed by atoms with Crippen LogP contribution in [-0.4, -0.2) is 30.0 Å². The van der Waals surface area contributed by atoms with E-state index >= 15 is 0 Å². The van der Waals surface area contributed by atoms with Gasteiger partial charge in [0.1, 0.15) is 12.4 Å². The van der Waals surface area contributed by atoms with Crippen molar-refractivity contribution in [2.24, 2.45) is 0 Å². The topological polar surface area (TPSA) is 69.7 Å². The van der Waals surface area contributed by atoms with E-state index in [1.807, 2.05) is 24.3 Å². The standard InChI is InChI=1S/C26H22FN3O3S/c1-2-17-10-12-19(13-11-17)28-23(31)15-29-22-9-4-3-8-21(22)26(25(29)33)30(24(32)16-34-26)20-7-5-6-18(27)14-20/h3-14H,2,15-16H2,1H3,(H,28,31). The number of rotatable bonds is 5. The van der Waals surface area contributed by atoms with Gasteiger partial charge in [-0.1, -0.05) is 43.3 Å². The molecule has 0 aromatic heterocycles. The number of carbonyl (C=O) groups excluding carboxylic acids is 3. The fourth-order valence-corrected chi connectivity index (χ4v) is 5.86. The molecule has 0 radical (unpaired) electrons. The first-order chi connectivity index (χ1) is 16.4.